The van der Waals surface area contributed by atoms with Gasteiger partial charge in [-0.1, -0.05) is 37.1 Å². The topological polar surface area (TPSA) is 46.2 Å². The smallest absolute Gasteiger partial charge is 0.120 e. The predicted molar refractivity (Wildman–Crippen MR) is 169 cm³/mol. The first-order valence-corrected chi connectivity index (χ1v) is 15.5. The van der Waals surface area contributed by atoms with E-state index < -0.39 is 0 Å². The molecular formula is C35H47N3O3. The van der Waals surface area contributed by atoms with E-state index in [4.69, 9.17) is 14.2 Å². The largest absolute Gasteiger partial charge is 0.497 e. The van der Waals surface area contributed by atoms with Gasteiger partial charge >= 0.3 is 0 Å². The molecule has 0 aromatic heterocycles. The molecule has 3 aromatic rings. The van der Waals surface area contributed by atoms with E-state index >= 15 is 0 Å². The second-order valence-electron chi connectivity index (χ2n) is 11.4. The van der Waals surface area contributed by atoms with E-state index in [0.29, 0.717) is 5.92 Å². The van der Waals surface area contributed by atoms with Crippen LogP contribution in [0.1, 0.15) is 55.6 Å². The summed E-state index contributed by atoms with van der Waals surface area (Å²) in [5, 5.41) is 3.73. The van der Waals surface area contributed by atoms with Crippen molar-refractivity contribution in [1.29, 1.82) is 0 Å². The summed E-state index contributed by atoms with van der Waals surface area (Å²) in [5.74, 6) is 3.25. The highest BCUT2D eigenvalue weighted by Crippen LogP contribution is 2.37. The van der Waals surface area contributed by atoms with Crippen molar-refractivity contribution in [3.63, 3.8) is 0 Å². The molecule has 0 radical (unpaired) electrons. The molecule has 2 aliphatic rings. The van der Waals surface area contributed by atoms with Crippen LogP contribution in [-0.2, 0) is 6.42 Å². The third-order valence-electron chi connectivity index (χ3n) is 8.56. The summed E-state index contributed by atoms with van der Waals surface area (Å²) in [6, 6.07) is 23.5. The number of aryl methyl sites for hydroxylation is 1. The van der Waals surface area contributed by atoms with Gasteiger partial charge in [-0.15, -0.1) is 0 Å². The Kier molecular flexibility index (Phi) is 10.7. The quantitative estimate of drug-likeness (QED) is 0.228. The Morgan fingerprint density at radius 2 is 1.56 bits per heavy atom. The molecule has 0 aliphatic carbocycles. The zero-order valence-electron chi connectivity index (χ0n) is 24.9. The van der Waals surface area contributed by atoms with E-state index in [0.717, 1.165) is 69.3 Å². The summed E-state index contributed by atoms with van der Waals surface area (Å²) < 4.78 is 17.1. The van der Waals surface area contributed by atoms with Gasteiger partial charge in [0.25, 0.3) is 0 Å². The lowest BCUT2D eigenvalue weighted by molar-refractivity contribution is 0.214. The van der Waals surface area contributed by atoms with Gasteiger partial charge in [0.15, 0.2) is 0 Å². The third kappa shape index (κ3) is 8.32. The lowest BCUT2D eigenvalue weighted by Crippen LogP contribution is -2.29. The second-order valence-corrected chi connectivity index (χ2v) is 11.4. The van der Waals surface area contributed by atoms with Crippen LogP contribution < -0.4 is 24.4 Å². The van der Waals surface area contributed by atoms with Gasteiger partial charge in [-0.25, -0.2) is 0 Å². The van der Waals surface area contributed by atoms with Gasteiger partial charge in [0.2, 0.25) is 0 Å². The van der Waals surface area contributed by atoms with Crippen molar-refractivity contribution in [2.45, 2.75) is 50.9 Å². The Morgan fingerprint density at radius 3 is 2.34 bits per heavy atom. The van der Waals surface area contributed by atoms with Gasteiger partial charge in [0, 0.05) is 55.6 Å². The molecule has 0 amide bonds. The number of likely N-dealkylation sites (tertiary alicyclic amines) is 1. The Hall–Kier alpha value is -3.38. The molecule has 6 heteroatoms. The summed E-state index contributed by atoms with van der Waals surface area (Å²) in [7, 11) is 3.46. The third-order valence-corrected chi connectivity index (χ3v) is 8.56. The summed E-state index contributed by atoms with van der Waals surface area (Å²) in [6.07, 6.45) is 8.63. The first kappa shape index (κ1) is 29.1. The van der Waals surface area contributed by atoms with Crippen molar-refractivity contribution in [2.75, 3.05) is 70.3 Å². The zero-order valence-corrected chi connectivity index (χ0v) is 24.9. The molecule has 3 aromatic carbocycles. The fourth-order valence-electron chi connectivity index (χ4n) is 6.15. The normalized spacial score (nSPS) is 17.7. The van der Waals surface area contributed by atoms with Gasteiger partial charge in [-0.05, 0) is 86.7 Å². The number of methoxy groups -OCH3 is 2. The number of ether oxygens (including phenoxy) is 3. The van der Waals surface area contributed by atoms with Crippen LogP contribution in [0.5, 0.6) is 17.2 Å². The van der Waals surface area contributed by atoms with Crippen LogP contribution in [0, 0.1) is 0 Å². The standard InChI is InChI=1S/C35H47N3O3/c1-39-32-11-7-10-30(25-32)38-22-18-29(27-38)34-17-16-33(40-2)26-35(34)36-19-8-9-28-12-14-31(15-13-28)41-24-23-37-20-5-3-4-6-21-37/h7,10-17,25-26,29,36H,3-6,8-9,18-24,27H2,1-2H3. The highest BCUT2D eigenvalue weighted by Gasteiger charge is 2.26. The maximum Gasteiger partial charge on any atom is 0.120 e. The molecule has 2 aliphatic heterocycles. The molecule has 5 rings (SSSR count). The van der Waals surface area contributed by atoms with Crippen molar-refractivity contribution >= 4 is 11.4 Å². The van der Waals surface area contributed by atoms with Crippen LogP contribution in [-0.4, -0.2) is 65.0 Å². The predicted octanol–water partition coefficient (Wildman–Crippen LogP) is 7.00. The lowest BCUT2D eigenvalue weighted by atomic mass is 9.96. The van der Waals surface area contributed by atoms with E-state index in [-0.39, 0.29) is 0 Å². The van der Waals surface area contributed by atoms with Crippen LogP contribution in [0.25, 0.3) is 0 Å². The van der Waals surface area contributed by atoms with Crippen LogP contribution in [0.4, 0.5) is 11.4 Å². The second kappa shape index (κ2) is 15.0. The van der Waals surface area contributed by atoms with Crippen LogP contribution >= 0.6 is 0 Å². The van der Waals surface area contributed by atoms with E-state index in [2.05, 4.69) is 75.8 Å². The summed E-state index contributed by atoms with van der Waals surface area (Å²) in [4.78, 5) is 5.01. The molecule has 1 unspecified atom stereocenters. The van der Waals surface area contributed by atoms with Gasteiger partial charge in [-0.3, -0.25) is 4.90 Å². The monoisotopic (exact) mass is 557 g/mol. The molecule has 2 heterocycles. The SMILES string of the molecule is COc1cccc(N2CCC(c3ccc(OC)cc3NCCCc3ccc(OCCN4CCCCCC4)cc3)C2)c1. The van der Waals surface area contributed by atoms with Crippen molar-refractivity contribution < 1.29 is 14.2 Å². The lowest BCUT2D eigenvalue weighted by Gasteiger charge is -2.21. The average molecular weight is 558 g/mol. The van der Waals surface area contributed by atoms with E-state index in [1.54, 1.807) is 14.2 Å². The molecule has 2 saturated heterocycles. The Morgan fingerprint density at radius 1 is 0.805 bits per heavy atom. The van der Waals surface area contributed by atoms with Crippen molar-refractivity contribution in [1.82, 2.24) is 4.90 Å². The summed E-state index contributed by atoms with van der Waals surface area (Å²) >= 11 is 0. The first-order valence-electron chi connectivity index (χ1n) is 15.5. The van der Waals surface area contributed by atoms with Crippen LogP contribution in [0.15, 0.2) is 66.7 Å². The molecule has 0 spiro atoms. The van der Waals surface area contributed by atoms with Gasteiger partial charge in [-0.2, -0.15) is 0 Å². The maximum absolute atomic E-state index is 6.04. The maximum atomic E-state index is 6.04. The first-order chi connectivity index (χ1) is 20.2. The average Bonchev–Trinajstić information content (AvgIpc) is 3.37. The number of nitrogens with zero attached hydrogens (tertiary/aromatic N) is 2. The molecular weight excluding hydrogens is 510 g/mol. The highest BCUT2D eigenvalue weighted by atomic mass is 16.5. The molecule has 220 valence electrons. The molecule has 0 saturated carbocycles. The van der Waals surface area contributed by atoms with Gasteiger partial charge < -0.3 is 24.4 Å². The number of rotatable bonds is 13. The highest BCUT2D eigenvalue weighted by molar-refractivity contribution is 5.59. The number of benzene rings is 3. The fourth-order valence-corrected chi connectivity index (χ4v) is 6.15. The Balaban J connectivity index is 1.09. The van der Waals surface area contributed by atoms with Crippen molar-refractivity contribution in [2.24, 2.45) is 0 Å². The molecule has 0 bridgehead atoms. The molecule has 1 atom stereocenters. The molecule has 1 N–H and O–H groups in total. The molecule has 2 fully saturated rings. The Bertz CT molecular complexity index is 1210. The molecule has 6 nitrogen and oxygen atoms in total. The van der Waals surface area contributed by atoms with Crippen LogP contribution in [0.3, 0.4) is 0 Å². The number of hydrogen-bond donors (Lipinski definition) is 1. The summed E-state index contributed by atoms with van der Waals surface area (Å²) in [5.41, 5.74) is 5.14. The van der Waals surface area contributed by atoms with E-state index in [1.807, 2.05) is 6.07 Å². The number of nitrogens with one attached hydrogen (secondary N) is 1. The fraction of sp³-hybridized carbons (Fsp3) is 0.486. The molecule has 41 heavy (non-hydrogen) atoms. The van der Waals surface area contributed by atoms with E-state index in [1.165, 1.54) is 61.3 Å². The summed E-state index contributed by atoms with van der Waals surface area (Å²) in [6.45, 7) is 7.19. The minimum atomic E-state index is 0.474. The van der Waals surface area contributed by atoms with Gasteiger partial charge in [0.05, 0.1) is 14.2 Å². The van der Waals surface area contributed by atoms with Crippen molar-refractivity contribution in [3.8, 4) is 17.2 Å². The van der Waals surface area contributed by atoms with Crippen molar-refractivity contribution in [3.05, 3.63) is 77.9 Å². The minimum Gasteiger partial charge on any atom is -0.497 e. The minimum absolute atomic E-state index is 0.474. The Labute approximate surface area is 246 Å². The van der Waals surface area contributed by atoms with E-state index in [9.17, 15) is 0 Å². The van der Waals surface area contributed by atoms with Gasteiger partial charge in [0.1, 0.15) is 23.9 Å². The number of hydrogen-bond acceptors (Lipinski definition) is 6. The van der Waals surface area contributed by atoms with Crippen LogP contribution in [0.2, 0.25) is 0 Å². The zero-order chi connectivity index (χ0) is 28.3. The number of anilines is 2.